The SMILES string of the molecule is CNC(CC(F)(F)F)C1=CCCCO1. The first-order chi connectivity index (χ1) is 6.53. The van der Waals surface area contributed by atoms with E-state index in [0.717, 1.165) is 12.8 Å². The summed E-state index contributed by atoms with van der Waals surface area (Å²) >= 11 is 0. The molecular formula is C9H14F3NO. The fourth-order valence-electron chi connectivity index (χ4n) is 1.40. The Morgan fingerprint density at radius 3 is 2.71 bits per heavy atom. The highest BCUT2D eigenvalue weighted by Gasteiger charge is 2.33. The van der Waals surface area contributed by atoms with Gasteiger partial charge in [-0.05, 0) is 26.0 Å². The van der Waals surface area contributed by atoms with Gasteiger partial charge in [-0.15, -0.1) is 0 Å². The predicted octanol–water partition coefficient (Wildman–Crippen LogP) is 2.22. The molecule has 0 aromatic carbocycles. The van der Waals surface area contributed by atoms with Crippen molar-refractivity contribution in [2.75, 3.05) is 13.7 Å². The molecule has 0 amide bonds. The number of ether oxygens (including phenoxy) is 1. The molecule has 1 atom stereocenters. The van der Waals surface area contributed by atoms with E-state index in [2.05, 4.69) is 5.32 Å². The van der Waals surface area contributed by atoms with Crippen LogP contribution >= 0.6 is 0 Å². The van der Waals surface area contributed by atoms with Gasteiger partial charge in [-0.25, -0.2) is 0 Å². The van der Waals surface area contributed by atoms with E-state index in [4.69, 9.17) is 4.74 Å². The molecule has 5 heteroatoms. The summed E-state index contributed by atoms with van der Waals surface area (Å²) in [5.74, 6) is 0.427. The average Bonchev–Trinajstić information content (AvgIpc) is 2.14. The van der Waals surface area contributed by atoms with E-state index in [0.29, 0.717) is 12.4 Å². The first-order valence-electron chi connectivity index (χ1n) is 4.60. The van der Waals surface area contributed by atoms with Crippen molar-refractivity contribution in [3.8, 4) is 0 Å². The predicted molar refractivity (Wildman–Crippen MR) is 46.8 cm³/mol. The fourth-order valence-corrected chi connectivity index (χ4v) is 1.40. The number of halogens is 3. The van der Waals surface area contributed by atoms with Gasteiger partial charge in [0.1, 0.15) is 5.76 Å². The molecule has 2 nitrogen and oxygen atoms in total. The highest BCUT2D eigenvalue weighted by molar-refractivity contribution is 5.05. The summed E-state index contributed by atoms with van der Waals surface area (Å²) in [6.45, 7) is 0.516. The lowest BCUT2D eigenvalue weighted by molar-refractivity contribution is -0.140. The molecule has 0 aliphatic carbocycles. The molecule has 1 rings (SSSR count). The van der Waals surface area contributed by atoms with Crippen LogP contribution < -0.4 is 5.32 Å². The molecule has 82 valence electrons. The summed E-state index contributed by atoms with van der Waals surface area (Å²) in [5.41, 5.74) is 0. The summed E-state index contributed by atoms with van der Waals surface area (Å²) in [7, 11) is 1.51. The topological polar surface area (TPSA) is 21.3 Å². The molecule has 14 heavy (non-hydrogen) atoms. The first kappa shape index (κ1) is 11.4. The number of rotatable bonds is 3. The molecule has 0 radical (unpaired) electrons. The first-order valence-corrected chi connectivity index (χ1v) is 4.60. The van der Waals surface area contributed by atoms with Crippen molar-refractivity contribution in [3.63, 3.8) is 0 Å². The lowest BCUT2D eigenvalue weighted by Crippen LogP contribution is -2.34. The zero-order valence-electron chi connectivity index (χ0n) is 8.03. The van der Waals surface area contributed by atoms with E-state index in [1.807, 2.05) is 0 Å². The van der Waals surface area contributed by atoms with Gasteiger partial charge in [0.15, 0.2) is 0 Å². The maximum atomic E-state index is 12.1. The number of allylic oxidation sites excluding steroid dienone is 1. The quantitative estimate of drug-likeness (QED) is 0.769. The normalized spacial score (nSPS) is 19.9. The van der Waals surface area contributed by atoms with Gasteiger partial charge in [-0.2, -0.15) is 13.2 Å². The minimum absolute atomic E-state index is 0.427. The zero-order valence-corrected chi connectivity index (χ0v) is 8.03. The molecule has 0 spiro atoms. The minimum atomic E-state index is -4.16. The molecule has 0 saturated heterocycles. The Labute approximate surface area is 81.1 Å². The van der Waals surface area contributed by atoms with Crippen molar-refractivity contribution < 1.29 is 17.9 Å². The number of alkyl halides is 3. The van der Waals surface area contributed by atoms with Crippen LogP contribution in [0.4, 0.5) is 13.2 Å². The molecule has 1 aliphatic heterocycles. The smallest absolute Gasteiger partial charge is 0.391 e. The summed E-state index contributed by atoms with van der Waals surface area (Å²) in [6, 6.07) is -0.740. The summed E-state index contributed by atoms with van der Waals surface area (Å²) in [6.07, 6.45) is -1.63. The van der Waals surface area contributed by atoms with Gasteiger partial charge >= 0.3 is 6.18 Å². The fraction of sp³-hybridized carbons (Fsp3) is 0.778. The standard InChI is InChI=1S/C9H14F3NO/c1-13-7(6-9(10,11)12)8-4-2-3-5-14-8/h4,7,13H,2-3,5-6H2,1H3. The van der Waals surface area contributed by atoms with Gasteiger partial charge in [0.25, 0.3) is 0 Å². The third-order valence-corrected chi connectivity index (χ3v) is 2.09. The zero-order chi connectivity index (χ0) is 10.6. The lowest BCUT2D eigenvalue weighted by atomic mass is 10.1. The maximum absolute atomic E-state index is 12.1. The number of nitrogens with one attached hydrogen (secondary N) is 1. The van der Waals surface area contributed by atoms with Gasteiger partial charge in [-0.1, -0.05) is 0 Å². The Morgan fingerprint density at radius 1 is 1.57 bits per heavy atom. The van der Waals surface area contributed by atoms with E-state index in [-0.39, 0.29) is 0 Å². The van der Waals surface area contributed by atoms with E-state index in [1.165, 1.54) is 7.05 Å². The van der Waals surface area contributed by atoms with Crippen LogP contribution in [0.15, 0.2) is 11.8 Å². The number of likely N-dealkylation sites (N-methyl/N-ethyl adjacent to an activating group) is 1. The van der Waals surface area contributed by atoms with E-state index >= 15 is 0 Å². The van der Waals surface area contributed by atoms with E-state index in [1.54, 1.807) is 6.08 Å². The van der Waals surface area contributed by atoms with Crippen molar-refractivity contribution in [2.45, 2.75) is 31.5 Å². The maximum Gasteiger partial charge on any atom is 0.391 e. The molecule has 0 aromatic rings. The number of hydrogen-bond donors (Lipinski definition) is 1. The molecule has 1 heterocycles. The second-order valence-electron chi connectivity index (χ2n) is 3.26. The van der Waals surface area contributed by atoms with Crippen molar-refractivity contribution in [1.82, 2.24) is 5.32 Å². The van der Waals surface area contributed by atoms with Crippen LogP contribution in [0.1, 0.15) is 19.3 Å². The highest BCUT2D eigenvalue weighted by Crippen LogP contribution is 2.26. The van der Waals surface area contributed by atoms with Crippen LogP contribution in [0.3, 0.4) is 0 Å². The largest absolute Gasteiger partial charge is 0.497 e. The van der Waals surface area contributed by atoms with Crippen LogP contribution in [0, 0.1) is 0 Å². The van der Waals surface area contributed by atoms with Gasteiger partial charge < -0.3 is 10.1 Å². The van der Waals surface area contributed by atoms with E-state index in [9.17, 15) is 13.2 Å². The minimum Gasteiger partial charge on any atom is -0.497 e. The molecule has 1 aliphatic rings. The Morgan fingerprint density at radius 2 is 2.29 bits per heavy atom. The summed E-state index contributed by atoms with van der Waals surface area (Å²) in [5, 5.41) is 2.62. The third kappa shape index (κ3) is 3.57. The molecule has 1 N–H and O–H groups in total. The molecule has 0 saturated carbocycles. The summed E-state index contributed by atoms with van der Waals surface area (Å²) in [4.78, 5) is 0. The Bertz CT molecular complexity index is 213. The van der Waals surface area contributed by atoms with Crippen LogP contribution in [0.25, 0.3) is 0 Å². The third-order valence-electron chi connectivity index (χ3n) is 2.09. The van der Waals surface area contributed by atoms with Crippen LogP contribution in [-0.4, -0.2) is 25.9 Å². The van der Waals surface area contributed by atoms with Gasteiger partial charge in [0.05, 0.1) is 19.1 Å². The van der Waals surface area contributed by atoms with Crippen LogP contribution in [-0.2, 0) is 4.74 Å². The lowest BCUT2D eigenvalue weighted by Gasteiger charge is -2.24. The average molecular weight is 209 g/mol. The van der Waals surface area contributed by atoms with Crippen molar-refractivity contribution >= 4 is 0 Å². The summed E-state index contributed by atoms with van der Waals surface area (Å²) < 4.78 is 41.6. The van der Waals surface area contributed by atoms with Gasteiger partial charge in [0.2, 0.25) is 0 Å². The number of hydrogen-bond acceptors (Lipinski definition) is 2. The Balaban J connectivity index is 2.57. The van der Waals surface area contributed by atoms with Crippen molar-refractivity contribution in [2.24, 2.45) is 0 Å². The van der Waals surface area contributed by atoms with Gasteiger partial charge in [-0.3, -0.25) is 0 Å². The molecule has 0 aromatic heterocycles. The molecule has 0 bridgehead atoms. The molecule has 1 unspecified atom stereocenters. The van der Waals surface area contributed by atoms with Gasteiger partial charge in [0, 0.05) is 0 Å². The van der Waals surface area contributed by atoms with Crippen molar-refractivity contribution in [1.29, 1.82) is 0 Å². The monoisotopic (exact) mass is 209 g/mol. The van der Waals surface area contributed by atoms with E-state index < -0.39 is 18.6 Å². The highest BCUT2D eigenvalue weighted by atomic mass is 19.4. The second-order valence-corrected chi connectivity index (χ2v) is 3.26. The Hall–Kier alpha value is -0.710. The Kier molecular flexibility index (Phi) is 3.80. The van der Waals surface area contributed by atoms with Crippen LogP contribution in [0.5, 0.6) is 0 Å². The van der Waals surface area contributed by atoms with Crippen LogP contribution in [0.2, 0.25) is 0 Å². The molecule has 0 fully saturated rings. The van der Waals surface area contributed by atoms with Crippen molar-refractivity contribution in [3.05, 3.63) is 11.8 Å². The second kappa shape index (κ2) is 4.68. The molecular weight excluding hydrogens is 195 g/mol.